The fourth-order valence-corrected chi connectivity index (χ4v) is 14.5. The molecule has 0 amide bonds. The summed E-state index contributed by atoms with van der Waals surface area (Å²) in [5.74, 6) is 3.60. The molecule has 0 aliphatic carbocycles. The molecule has 790 valence electrons. The highest BCUT2D eigenvalue weighted by molar-refractivity contribution is 6.32. The van der Waals surface area contributed by atoms with Gasteiger partial charge in [-0.05, 0) is 244 Å². The number of aryl methyl sites for hydroxylation is 3. The zero-order valence-electron chi connectivity index (χ0n) is 84.0. The van der Waals surface area contributed by atoms with Crippen LogP contribution in [0.2, 0.25) is 20.1 Å². The average Bonchev–Trinajstić information content (AvgIpc) is 0.830. The molecule has 0 bridgehead atoms. The Labute approximate surface area is 863 Å². The van der Waals surface area contributed by atoms with Gasteiger partial charge in [0.25, 0.3) is 0 Å². The van der Waals surface area contributed by atoms with E-state index in [0.29, 0.717) is 32.7 Å². The highest BCUT2D eigenvalue weighted by Gasteiger charge is 2.26. The highest BCUT2D eigenvalue weighted by atomic mass is 35.5. The van der Waals surface area contributed by atoms with E-state index in [4.69, 9.17) is 79.6 Å². The van der Waals surface area contributed by atoms with Crippen molar-refractivity contribution in [2.75, 3.05) is 49.8 Å². The molecular formula is C121H194Cl4F6O7. The van der Waals surface area contributed by atoms with Crippen LogP contribution in [0.1, 0.15) is 362 Å². The summed E-state index contributed by atoms with van der Waals surface area (Å²) in [6.07, 6.45) is 0. The minimum Gasteiger partial charge on any atom is -0.497 e. The molecule has 0 spiro atoms. The Bertz CT molecular complexity index is 4590. The zero-order chi connectivity index (χ0) is 98.5. The summed E-state index contributed by atoms with van der Waals surface area (Å²) in [7, 11) is 11.4. The Morgan fingerprint density at radius 3 is 0.674 bits per heavy atom. The smallest absolute Gasteiger partial charge is 0.130 e. The molecule has 0 radical (unpaired) electrons. The molecule has 0 saturated carbocycles. The van der Waals surface area contributed by atoms with Crippen LogP contribution in [0.25, 0.3) is 0 Å². The van der Waals surface area contributed by atoms with E-state index in [9.17, 15) is 26.3 Å². The van der Waals surface area contributed by atoms with Gasteiger partial charge in [-0.25, -0.2) is 26.3 Å². The molecule has 10 rings (SSSR count). The summed E-state index contributed by atoms with van der Waals surface area (Å²) in [5, 5.41) is 2.81. The number of halogens is 10. The van der Waals surface area contributed by atoms with Crippen LogP contribution in [-0.4, -0.2) is 49.8 Å². The molecule has 0 heterocycles. The van der Waals surface area contributed by atoms with Crippen molar-refractivity contribution in [2.24, 2.45) is 0 Å². The number of hydrogen-bond donors (Lipinski definition) is 0. The fourth-order valence-electron chi connectivity index (χ4n) is 13.2. The number of methoxy groups -OCH3 is 7. The van der Waals surface area contributed by atoms with E-state index in [1.54, 1.807) is 73.0 Å². The van der Waals surface area contributed by atoms with Gasteiger partial charge in [-0.1, -0.05) is 396 Å². The van der Waals surface area contributed by atoms with Crippen LogP contribution < -0.4 is 33.2 Å². The van der Waals surface area contributed by atoms with E-state index in [1.165, 1.54) is 94.6 Å². The van der Waals surface area contributed by atoms with Crippen LogP contribution >= 0.6 is 46.4 Å². The molecule has 0 aromatic heterocycles. The second-order valence-electron chi connectivity index (χ2n) is 41.3. The van der Waals surface area contributed by atoms with Gasteiger partial charge in [0.05, 0.1) is 49.8 Å². The molecule has 0 saturated heterocycles. The quantitative estimate of drug-likeness (QED) is 0.147. The first-order valence-corrected chi connectivity index (χ1v) is 44.1. The molecule has 10 aromatic rings. The van der Waals surface area contributed by atoms with Gasteiger partial charge in [0.2, 0.25) is 0 Å². The minimum absolute atomic E-state index is 0. The Hall–Kier alpha value is -8.46. The molecule has 0 aliphatic rings. The number of hydrogen-bond acceptors (Lipinski definition) is 7. The SMILES string of the molecule is C.C.C.C.C.C.C.C.C.C.C.CC(C)(C)c1ccc(F)cc1Cl.CC(C)(C)c1ccc(F)cc1F.COc1cc(Cl)ccc1C(C)(C)C.COc1cc(F)ccc1C(C)(C)C.COc1ccc(C(C)(C)C)c(C)c1.COc1ccc(C(C)(C)C)c(Cl)c1.COc1ccc(C(C)(C)C)c(F)c1.COc1ccc(C(C)(C)C)c(OC)c1.Cc1cc(Cl)ccc1C(C)(C)C.Cc1cc(F)ccc1C(C)(C)C. The monoisotopic (exact) mass is 2010 g/mol. The van der Waals surface area contributed by atoms with Gasteiger partial charge in [-0.3, -0.25) is 0 Å². The highest BCUT2D eigenvalue weighted by Crippen LogP contribution is 2.39. The van der Waals surface area contributed by atoms with Crippen LogP contribution in [-0.2, 0) is 54.1 Å². The third-order valence-electron chi connectivity index (χ3n) is 19.8. The number of ether oxygens (including phenoxy) is 7. The van der Waals surface area contributed by atoms with Crippen molar-refractivity contribution in [1.82, 2.24) is 0 Å². The van der Waals surface area contributed by atoms with Crippen molar-refractivity contribution < 1.29 is 59.5 Å². The fraction of sp³-hybridized carbons (Fsp3) is 0.504. The molecule has 7 nitrogen and oxygen atoms in total. The molecule has 0 atom stereocenters. The maximum Gasteiger partial charge on any atom is 0.130 e. The topological polar surface area (TPSA) is 64.6 Å². The Morgan fingerprint density at radius 2 is 0.384 bits per heavy atom. The maximum atomic E-state index is 13.5. The van der Waals surface area contributed by atoms with Gasteiger partial charge in [-0.2, -0.15) is 0 Å². The molecule has 0 fully saturated rings. The lowest BCUT2D eigenvalue weighted by Gasteiger charge is -2.22. The summed E-state index contributed by atoms with van der Waals surface area (Å²) in [6.45, 7) is 69.2. The maximum absolute atomic E-state index is 13.5. The van der Waals surface area contributed by atoms with Gasteiger partial charge in [0.15, 0.2) is 0 Å². The summed E-state index contributed by atoms with van der Waals surface area (Å²) >= 11 is 23.7. The molecule has 138 heavy (non-hydrogen) atoms. The van der Waals surface area contributed by atoms with Crippen LogP contribution in [0.3, 0.4) is 0 Å². The van der Waals surface area contributed by atoms with Crippen molar-refractivity contribution in [3.8, 4) is 40.2 Å². The lowest BCUT2D eigenvalue weighted by Crippen LogP contribution is -2.13. The number of rotatable bonds is 7. The largest absolute Gasteiger partial charge is 0.497 e. The number of benzene rings is 10. The standard InChI is InChI=1S/C12H18O2.C12H18O.2C11H15ClO.C11H15Cl.2C11H15FO.C11H15F.C10H12ClF.C10H12F2.11CH4/c1-12(2,3)10-7-6-9(13-4)8-11(10)14-5;1-9-8-10(13-5)6-7-11(9)12(2,3)4;1-11(2,3)9-6-5-8(13-4)7-10(9)12;1-11(2,3)9-6-5-8(12)7-10(9)13-4;1-8-7-9(12)5-6-10(8)11(2,3)4;1-11(2,3)9-6-5-8(13-4)7-10(9)12;1-11(2,3)9-6-5-8(12)7-10(9)13-4;1-8-7-9(12)5-6-10(8)11(2,3)4;1-10(2,3)8-5-4-7(12)6-9(8)11;1-10(2,3)8-5-4-7(11)6-9(8)12;;;;;;;;;;;/h6-8H,1-5H3;6-8H,1-5H3;2*5-7H,1-4H3;5-7H,1-4H3;2*5-7H,1-4H3;5-7H,1-4H3;2*4-6H,1-3H3;11*1H4. The van der Waals surface area contributed by atoms with E-state index >= 15 is 0 Å². The Balaban J connectivity index is -0.000000143. The zero-order valence-corrected chi connectivity index (χ0v) is 87.0. The predicted molar refractivity (Wildman–Crippen MR) is 605 cm³/mol. The first-order valence-electron chi connectivity index (χ1n) is 42.6. The van der Waals surface area contributed by atoms with Crippen molar-refractivity contribution in [3.05, 3.63) is 309 Å². The van der Waals surface area contributed by atoms with Crippen molar-refractivity contribution >= 4 is 46.4 Å². The van der Waals surface area contributed by atoms with E-state index in [-0.39, 0.29) is 159 Å². The van der Waals surface area contributed by atoms with E-state index in [0.717, 1.165) is 67.1 Å². The van der Waals surface area contributed by atoms with E-state index in [2.05, 4.69) is 184 Å². The second kappa shape index (κ2) is 65.6. The lowest BCUT2D eigenvalue weighted by atomic mass is 9.84. The van der Waals surface area contributed by atoms with Crippen LogP contribution in [0.15, 0.2) is 182 Å². The van der Waals surface area contributed by atoms with Gasteiger partial charge < -0.3 is 33.2 Å². The first kappa shape index (κ1) is 152. The van der Waals surface area contributed by atoms with Gasteiger partial charge >= 0.3 is 0 Å². The van der Waals surface area contributed by atoms with Gasteiger partial charge in [0, 0.05) is 44.4 Å². The van der Waals surface area contributed by atoms with Gasteiger partial charge in [0.1, 0.15) is 75.1 Å². The third kappa shape index (κ3) is 53.4. The third-order valence-corrected chi connectivity index (χ3v) is 20.9. The summed E-state index contributed by atoms with van der Waals surface area (Å²) < 4.78 is 113. The average molecular weight is 2020 g/mol. The Kier molecular flexibility index (Phi) is 72.4. The lowest BCUT2D eigenvalue weighted by molar-refractivity contribution is 0.383. The van der Waals surface area contributed by atoms with Crippen LogP contribution in [0.5, 0.6) is 40.2 Å². The molecule has 0 N–H and O–H groups in total. The minimum atomic E-state index is -0.527. The van der Waals surface area contributed by atoms with Crippen molar-refractivity contribution in [1.29, 1.82) is 0 Å². The summed E-state index contributed by atoms with van der Waals surface area (Å²) in [6, 6.07) is 52.6. The van der Waals surface area contributed by atoms with Crippen molar-refractivity contribution in [3.63, 3.8) is 0 Å². The molecule has 0 aliphatic heterocycles. The second-order valence-corrected chi connectivity index (χ2v) is 43.0. The van der Waals surface area contributed by atoms with E-state index in [1.807, 2.05) is 142 Å². The van der Waals surface area contributed by atoms with Gasteiger partial charge in [-0.15, -0.1) is 0 Å². The summed E-state index contributed by atoms with van der Waals surface area (Å²) in [5.41, 5.74) is 14.7. The van der Waals surface area contributed by atoms with E-state index < -0.39 is 11.6 Å². The predicted octanol–water partition coefficient (Wildman–Crippen LogP) is 41.3. The van der Waals surface area contributed by atoms with Crippen LogP contribution in [0, 0.1) is 55.7 Å². The molecule has 10 aromatic carbocycles. The molecule has 17 heteroatoms. The molecule has 0 unspecified atom stereocenters. The Morgan fingerprint density at radius 1 is 0.181 bits per heavy atom. The molecular weight excluding hydrogens is 1820 g/mol. The first-order chi connectivity index (χ1) is 57.9. The van der Waals surface area contributed by atoms with Crippen molar-refractivity contribution in [2.45, 2.75) is 364 Å². The van der Waals surface area contributed by atoms with Crippen LogP contribution in [0.4, 0.5) is 26.3 Å². The summed E-state index contributed by atoms with van der Waals surface area (Å²) in [4.78, 5) is 0. The normalized spacial score (nSPS) is 10.6.